The lowest BCUT2D eigenvalue weighted by Gasteiger charge is -2.22. The van der Waals surface area contributed by atoms with E-state index < -0.39 is 0 Å². The summed E-state index contributed by atoms with van der Waals surface area (Å²) in [4.78, 5) is 14.6. The standard InChI is InChI=1S/C20H29N5OS/c1-3-21-20(25-14-19-23-12-15(2)27-19)24-13-16-9-10-22-18(11-16)26-17-7-5-4-6-8-17/h9-12,17H,3-8,13-14H2,1-2H3,(H2,21,24,25). The summed E-state index contributed by atoms with van der Waals surface area (Å²) >= 11 is 1.70. The minimum absolute atomic E-state index is 0.311. The van der Waals surface area contributed by atoms with Gasteiger partial charge in [-0.2, -0.15) is 0 Å². The summed E-state index contributed by atoms with van der Waals surface area (Å²) < 4.78 is 6.06. The van der Waals surface area contributed by atoms with E-state index in [-0.39, 0.29) is 0 Å². The van der Waals surface area contributed by atoms with Gasteiger partial charge in [0.2, 0.25) is 5.88 Å². The van der Waals surface area contributed by atoms with Gasteiger partial charge in [-0.25, -0.2) is 15.0 Å². The second-order valence-electron chi connectivity index (χ2n) is 6.79. The number of guanidine groups is 1. The lowest BCUT2D eigenvalue weighted by molar-refractivity contribution is 0.148. The minimum atomic E-state index is 0.311. The van der Waals surface area contributed by atoms with Crippen LogP contribution in [0.5, 0.6) is 5.88 Å². The molecule has 0 radical (unpaired) electrons. The maximum atomic E-state index is 6.06. The molecule has 0 spiro atoms. The fourth-order valence-corrected chi connectivity index (χ4v) is 3.85. The van der Waals surface area contributed by atoms with Crippen LogP contribution < -0.4 is 15.4 Å². The highest BCUT2D eigenvalue weighted by Crippen LogP contribution is 2.22. The number of ether oxygens (including phenoxy) is 1. The smallest absolute Gasteiger partial charge is 0.213 e. The lowest BCUT2D eigenvalue weighted by atomic mass is 9.98. The zero-order chi connectivity index (χ0) is 18.9. The topological polar surface area (TPSA) is 71.4 Å². The Morgan fingerprint density at radius 1 is 1.26 bits per heavy atom. The molecule has 2 aromatic heterocycles. The highest BCUT2D eigenvalue weighted by Gasteiger charge is 2.15. The van der Waals surface area contributed by atoms with Gasteiger partial charge in [0.25, 0.3) is 0 Å². The van der Waals surface area contributed by atoms with Crippen molar-refractivity contribution in [1.82, 2.24) is 20.6 Å². The number of nitrogens with one attached hydrogen (secondary N) is 2. The third-order valence-corrected chi connectivity index (χ3v) is 5.39. The maximum Gasteiger partial charge on any atom is 0.213 e. The first-order valence-corrected chi connectivity index (χ1v) is 10.6. The van der Waals surface area contributed by atoms with Gasteiger partial charge in [-0.05, 0) is 51.2 Å². The van der Waals surface area contributed by atoms with Crippen LogP contribution in [-0.2, 0) is 13.1 Å². The largest absolute Gasteiger partial charge is 0.474 e. The van der Waals surface area contributed by atoms with Gasteiger partial charge in [0.1, 0.15) is 11.1 Å². The number of aliphatic imine (C=N–C) groups is 1. The molecule has 1 fully saturated rings. The van der Waals surface area contributed by atoms with Crippen LogP contribution in [0.3, 0.4) is 0 Å². The summed E-state index contributed by atoms with van der Waals surface area (Å²) in [6.45, 7) is 6.20. The van der Waals surface area contributed by atoms with Crippen LogP contribution >= 0.6 is 11.3 Å². The fourth-order valence-electron chi connectivity index (χ4n) is 3.12. The lowest BCUT2D eigenvalue weighted by Crippen LogP contribution is -2.36. The molecular formula is C20H29N5OS. The molecule has 1 aliphatic carbocycles. The molecule has 6 nitrogen and oxygen atoms in total. The van der Waals surface area contributed by atoms with Gasteiger partial charge in [0.15, 0.2) is 5.96 Å². The van der Waals surface area contributed by atoms with Gasteiger partial charge in [0.05, 0.1) is 13.1 Å². The van der Waals surface area contributed by atoms with Crippen molar-refractivity contribution < 1.29 is 4.74 Å². The van der Waals surface area contributed by atoms with Crippen molar-refractivity contribution in [2.45, 2.75) is 65.1 Å². The first-order valence-electron chi connectivity index (χ1n) is 9.78. The van der Waals surface area contributed by atoms with E-state index in [1.165, 1.54) is 24.1 Å². The van der Waals surface area contributed by atoms with Crippen LogP contribution in [0.2, 0.25) is 0 Å². The molecule has 3 rings (SSSR count). The summed E-state index contributed by atoms with van der Waals surface area (Å²) in [5, 5.41) is 7.68. The molecule has 0 aliphatic heterocycles. The molecule has 7 heteroatoms. The molecule has 0 amide bonds. The van der Waals surface area contributed by atoms with Crippen molar-refractivity contribution in [3.8, 4) is 5.88 Å². The van der Waals surface area contributed by atoms with E-state index >= 15 is 0 Å². The van der Waals surface area contributed by atoms with E-state index in [9.17, 15) is 0 Å². The number of rotatable bonds is 7. The zero-order valence-corrected chi connectivity index (χ0v) is 17.0. The number of thiazole rings is 1. The minimum Gasteiger partial charge on any atom is -0.474 e. The van der Waals surface area contributed by atoms with Gasteiger partial charge >= 0.3 is 0 Å². The summed E-state index contributed by atoms with van der Waals surface area (Å²) in [6.07, 6.45) is 10.1. The SMILES string of the molecule is CCNC(=NCc1ccnc(OC2CCCCC2)c1)NCc1ncc(C)s1. The van der Waals surface area contributed by atoms with Crippen LogP contribution in [0, 0.1) is 6.92 Å². The van der Waals surface area contributed by atoms with Crippen molar-refractivity contribution in [2.75, 3.05) is 6.54 Å². The Morgan fingerprint density at radius 3 is 2.85 bits per heavy atom. The maximum absolute atomic E-state index is 6.06. The van der Waals surface area contributed by atoms with Gasteiger partial charge in [-0.1, -0.05) is 6.42 Å². The summed E-state index contributed by atoms with van der Waals surface area (Å²) in [5.74, 6) is 1.50. The number of aryl methyl sites for hydroxylation is 1. The number of hydrogen-bond donors (Lipinski definition) is 2. The molecule has 1 aliphatic rings. The normalized spacial score (nSPS) is 15.6. The molecule has 2 heterocycles. The van der Waals surface area contributed by atoms with E-state index in [0.717, 1.165) is 35.9 Å². The Labute approximate surface area is 165 Å². The van der Waals surface area contributed by atoms with Gasteiger partial charge < -0.3 is 15.4 Å². The Bertz CT molecular complexity index is 739. The first-order chi connectivity index (χ1) is 13.2. The molecule has 0 bridgehead atoms. The second kappa shape index (κ2) is 10.3. The Kier molecular flexibility index (Phi) is 7.45. The molecule has 0 aromatic carbocycles. The summed E-state index contributed by atoms with van der Waals surface area (Å²) in [7, 11) is 0. The highest BCUT2D eigenvalue weighted by atomic mass is 32.1. The second-order valence-corrected chi connectivity index (χ2v) is 8.11. The number of pyridine rings is 1. The van der Waals surface area contributed by atoms with Crippen LogP contribution in [0.4, 0.5) is 0 Å². The Hall–Kier alpha value is -2.15. The van der Waals surface area contributed by atoms with Crippen molar-refractivity contribution >= 4 is 17.3 Å². The van der Waals surface area contributed by atoms with E-state index in [0.29, 0.717) is 25.1 Å². The van der Waals surface area contributed by atoms with Crippen molar-refractivity contribution in [2.24, 2.45) is 4.99 Å². The Morgan fingerprint density at radius 2 is 2.11 bits per heavy atom. The van der Waals surface area contributed by atoms with E-state index in [4.69, 9.17) is 4.74 Å². The monoisotopic (exact) mass is 387 g/mol. The molecule has 146 valence electrons. The number of hydrogen-bond acceptors (Lipinski definition) is 5. The van der Waals surface area contributed by atoms with E-state index in [2.05, 4.69) is 39.4 Å². The average molecular weight is 388 g/mol. The summed E-state index contributed by atoms with van der Waals surface area (Å²) in [5.41, 5.74) is 1.10. The van der Waals surface area contributed by atoms with Crippen molar-refractivity contribution in [3.63, 3.8) is 0 Å². The zero-order valence-electron chi connectivity index (χ0n) is 16.2. The number of aromatic nitrogens is 2. The first kappa shape index (κ1) is 19.6. The molecule has 0 saturated heterocycles. The van der Waals surface area contributed by atoms with Gasteiger partial charge in [-0.3, -0.25) is 0 Å². The van der Waals surface area contributed by atoms with Gasteiger partial charge in [-0.15, -0.1) is 11.3 Å². The fraction of sp³-hybridized carbons (Fsp3) is 0.550. The number of nitrogens with zero attached hydrogens (tertiary/aromatic N) is 3. The Balaban J connectivity index is 1.56. The van der Waals surface area contributed by atoms with Crippen molar-refractivity contribution in [3.05, 3.63) is 40.0 Å². The molecule has 0 unspecified atom stereocenters. The quantitative estimate of drug-likeness (QED) is 0.558. The van der Waals surface area contributed by atoms with Crippen LogP contribution in [0.25, 0.3) is 0 Å². The molecule has 2 aromatic rings. The molecule has 27 heavy (non-hydrogen) atoms. The van der Waals surface area contributed by atoms with E-state index in [1.54, 1.807) is 11.3 Å². The average Bonchev–Trinajstić information content (AvgIpc) is 3.10. The molecule has 0 atom stereocenters. The van der Waals surface area contributed by atoms with Crippen LogP contribution in [-0.4, -0.2) is 28.6 Å². The van der Waals surface area contributed by atoms with Gasteiger partial charge in [0, 0.05) is 29.9 Å². The van der Waals surface area contributed by atoms with Crippen molar-refractivity contribution in [1.29, 1.82) is 0 Å². The third-order valence-electron chi connectivity index (χ3n) is 4.48. The van der Waals surface area contributed by atoms with Crippen LogP contribution in [0.1, 0.15) is 54.5 Å². The molecule has 2 N–H and O–H groups in total. The molecular weight excluding hydrogens is 358 g/mol. The third kappa shape index (κ3) is 6.50. The molecule has 1 saturated carbocycles. The van der Waals surface area contributed by atoms with Crippen LogP contribution in [0.15, 0.2) is 29.5 Å². The predicted molar refractivity (Wildman–Crippen MR) is 110 cm³/mol. The summed E-state index contributed by atoms with van der Waals surface area (Å²) in [6, 6.07) is 4.00. The predicted octanol–water partition coefficient (Wildman–Crippen LogP) is 3.81. The highest BCUT2D eigenvalue weighted by molar-refractivity contribution is 7.11. The van der Waals surface area contributed by atoms with E-state index in [1.807, 2.05) is 24.5 Å².